The molecule has 1 heterocycles. The minimum atomic E-state index is 0.334. The zero-order chi connectivity index (χ0) is 12.4. The third-order valence-electron chi connectivity index (χ3n) is 3.67. The van der Waals surface area contributed by atoms with E-state index < -0.39 is 0 Å². The van der Waals surface area contributed by atoms with E-state index in [1.165, 1.54) is 25.7 Å². The first-order valence-electron chi connectivity index (χ1n) is 7.09. The normalized spacial score (nSPS) is 18.0. The molecule has 17 heavy (non-hydrogen) atoms. The van der Waals surface area contributed by atoms with Crippen LogP contribution in [0.3, 0.4) is 0 Å². The highest BCUT2D eigenvalue weighted by Gasteiger charge is 2.36. The predicted molar refractivity (Wildman–Crippen MR) is 69.1 cm³/mol. The van der Waals surface area contributed by atoms with Gasteiger partial charge in [0.1, 0.15) is 0 Å². The summed E-state index contributed by atoms with van der Waals surface area (Å²) in [5.74, 6) is 0. The van der Waals surface area contributed by atoms with Gasteiger partial charge in [0, 0.05) is 18.6 Å². The topological polar surface area (TPSA) is 38.7 Å². The predicted octanol–water partition coefficient (Wildman–Crippen LogP) is 2.76. The highest BCUT2D eigenvalue weighted by molar-refractivity contribution is 4.83. The lowest BCUT2D eigenvalue weighted by Crippen LogP contribution is -2.45. The zero-order valence-corrected chi connectivity index (χ0v) is 11.2. The number of unbranched alkanes of at least 4 members (excludes halogenated alkanes) is 5. The minimum absolute atomic E-state index is 0.334. The molecule has 0 atom stereocenters. The molecule has 0 amide bonds. The zero-order valence-electron chi connectivity index (χ0n) is 11.2. The summed E-state index contributed by atoms with van der Waals surface area (Å²) in [5.41, 5.74) is 0.334. The van der Waals surface area contributed by atoms with Crippen LogP contribution in [0, 0.1) is 5.41 Å². The Hall–Kier alpha value is -0.120. The van der Waals surface area contributed by atoms with Crippen LogP contribution < -0.4 is 0 Å². The molecule has 0 aromatic rings. The van der Waals surface area contributed by atoms with Gasteiger partial charge in [0.2, 0.25) is 0 Å². The lowest BCUT2D eigenvalue weighted by Gasteiger charge is -2.40. The largest absolute Gasteiger partial charge is 0.396 e. The van der Waals surface area contributed by atoms with E-state index in [9.17, 15) is 0 Å². The van der Waals surface area contributed by atoms with Gasteiger partial charge in [-0.1, -0.05) is 32.6 Å². The maximum absolute atomic E-state index is 8.64. The van der Waals surface area contributed by atoms with E-state index >= 15 is 0 Å². The van der Waals surface area contributed by atoms with Crippen molar-refractivity contribution in [2.24, 2.45) is 5.41 Å². The molecule has 1 saturated heterocycles. The second-order valence-electron chi connectivity index (χ2n) is 5.24. The molecule has 0 unspecified atom stereocenters. The summed E-state index contributed by atoms with van der Waals surface area (Å²) in [6, 6.07) is 0. The Morgan fingerprint density at radius 1 is 1.06 bits per heavy atom. The summed E-state index contributed by atoms with van der Waals surface area (Å²) in [4.78, 5) is 0. The fourth-order valence-corrected chi connectivity index (χ4v) is 2.09. The van der Waals surface area contributed by atoms with Crippen LogP contribution in [0.25, 0.3) is 0 Å². The number of rotatable bonds is 11. The van der Waals surface area contributed by atoms with Gasteiger partial charge in [-0.05, 0) is 19.3 Å². The van der Waals surface area contributed by atoms with Crippen LogP contribution in [0.4, 0.5) is 0 Å². The van der Waals surface area contributed by atoms with Crippen molar-refractivity contribution in [1.29, 1.82) is 0 Å². The summed E-state index contributed by atoms with van der Waals surface area (Å²) in [7, 11) is 0. The molecule has 3 heteroatoms. The van der Waals surface area contributed by atoms with Crippen molar-refractivity contribution in [3.05, 3.63) is 0 Å². The molecule has 0 spiro atoms. The molecule has 0 aliphatic carbocycles. The fraction of sp³-hybridized carbons (Fsp3) is 1.00. The second-order valence-corrected chi connectivity index (χ2v) is 5.24. The van der Waals surface area contributed by atoms with E-state index in [2.05, 4.69) is 6.92 Å². The summed E-state index contributed by atoms with van der Waals surface area (Å²) >= 11 is 0. The quantitative estimate of drug-likeness (QED) is 0.568. The third-order valence-corrected chi connectivity index (χ3v) is 3.67. The van der Waals surface area contributed by atoms with Gasteiger partial charge in [-0.3, -0.25) is 0 Å². The first-order valence-corrected chi connectivity index (χ1v) is 7.09. The SMILES string of the molecule is CCC1(COCCCCCCCCO)COC1. The van der Waals surface area contributed by atoms with Crippen molar-refractivity contribution >= 4 is 0 Å². The molecule has 102 valence electrons. The molecule has 3 nitrogen and oxygen atoms in total. The number of aliphatic hydroxyl groups excluding tert-OH is 1. The standard InChI is InChI=1S/C14H28O3/c1-2-14(12-17-13-14)11-16-10-8-6-4-3-5-7-9-15/h15H,2-13H2,1H3. The third kappa shape index (κ3) is 5.84. The van der Waals surface area contributed by atoms with Crippen LogP contribution in [-0.4, -0.2) is 38.1 Å². The highest BCUT2D eigenvalue weighted by atomic mass is 16.5. The Bertz CT molecular complexity index is 173. The number of hydrogen-bond acceptors (Lipinski definition) is 3. The highest BCUT2D eigenvalue weighted by Crippen LogP contribution is 2.31. The average molecular weight is 244 g/mol. The average Bonchev–Trinajstić information content (AvgIpc) is 2.30. The van der Waals surface area contributed by atoms with Gasteiger partial charge < -0.3 is 14.6 Å². The summed E-state index contributed by atoms with van der Waals surface area (Å²) in [6.45, 7) is 6.07. The lowest BCUT2D eigenvalue weighted by atomic mass is 9.84. The van der Waals surface area contributed by atoms with Crippen LogP contribution in [-0.2, 0) is 9.47 Å². The monoisotopic (exact) mass is 244 g/mol. The van der Waals surface area contributed by atoms with Crippen molar-refractivity contribution in [2.45, 2.75) is 51.9 Å². The lowest BCUT2D eigenvalue weighted by molar-refractivity contribution is -0.150. The van der Waals surface area contributed by atoms with E-state index in [1.807, 2.05) is 0 Å². The molecule has 1 fully saturated rings. The van der Waals surface area contributed by atoms with Crippen LogP contribution in [0.15, 0.2) is 0 Å². The van der Waals surface area contributed by atoms with Gasteiger partial charge in [0.25, 0.3) is 0 Å². The summed E-state index contributed by atoms with van der Waals surface area (Å²) in [6.07, 6.45) is 8.21. The first kappa shape index (κ1) is 14.9. The Morgan fingerprint density at radius 2 is 1.71 bits per heavy atom. The van der Waals surface area contributed by atoms with Crippen LogP contribution in [0.5, 0.6) is 0 Å². The molecule has 1 aliphatic rings. The Morgan fingerprint density at radius 3 is 2.24 bits per heavy atom. The number of aliphatic hydroxyl groups is 1. The first-order chi connectivity index (χ1) is 8.33. The molecule has 0 bridgehead atoms. The van der Waals surface area contributed by atoms with Crippen molar-refractivity contribution in [3.8, 4) is 0 Å². The Kier molecular flexibility index (Phi) is 7.82. The maximum atomic E-state index is 8.64. The maximum Gasteiger partial charge on any atom is 0.0566 e. The Balaban J connectivity index is 1.81. The van der Waals surface area contributed by atoms with Gasteiger partial charge in [-0.2, -0.15) is 0 Å². The second kappa shape index (κ2) is 8.90. The van der Waals surface area contributed by atoms with Gasteiger partial charge >= 0.3 is 0 Å². The van der Waals surface area contributed by atoms with Crippen LogP contribution in [0.2, 0.25) is 0 Å². The van der Waals surface area contributed by atoms with E-state index in [1.54, 1.807) is 0 Å². The van der Waals surface area contributed by atoms with Gasteiger partial charge in [-0.15, -0.1) is 0 Å². The van der Waals surface area contributed by atoms with Gasteiger partial charge in [0.05, 0.1) is 19.8 Å². The van der Waals surface area contributed by atoms with Crippen molar-refractivity contribution < 1.29 is 14.6 Å². The van der Waals surface area contributed by atoms with E-state index in [4.69, 9.17) is 14.6 Å². The summed E-state index contributed by atoms with van der Waals surface area (Å²) < 4.78 is 11.0. The molecule has 1 rings (SSSR count). The number of ether oxygens (including phenoxy) is 2. The molecule has 1 N–H and O–H groups in total. The minimum Gasteiger partial charge on any atom is -0.396 e. The van der Waals surface area contributed by atoms with Crippen molar-refractivity contribution in [1.82, 2.24) is 0 Å². The molecule has 0 radical (unpaired) electrons. The Labute approximate surface area is 105 Å². The smallest absolute Gasteiger partial charge is 0.0566 e. The van der Waals surface area contributed by atoms with Gasteiger partial charge in [-0.25, -0.2) is 0 Å². The molecule has 1 aliphatic heterocycles. The fourth-order valence-electron chi connectivity index (χ4n) is 2.09. The summed E-state index contributed by atoms with van der Waals surface area (Å²) in [5, 5.41) is 8.64. The van der Waals surface area contributed by atoms with E-state index in [0.717, 1.165) is 45.7 Å². The molecular formula is C14H28O3. The van der Waals surface area contributed by atoms with E-state index in [-0.39, 0.29) is 0 Å². The molecule has 0 aromatic heterocycles. The van der Waals surface area contributed by atoms with Crippen LogP contribution >= 0.6 is 0 Å². The molecule has 0 aromatic carbocycles. The van der Waals surface area contributed by atoms with Crippen LogP contribution in [0.1, 0.15) is 51.9 Å². The van der Waals surface area contributed by atoms with Crippen molar-refractivity contribution in [2.75, 3.05) is 33.0 Å². The number of hydrogen-bond donors (Lipinski definition) is 1. The molecular weight excluding hydrogens is 216 g/mol. The van der Waals surface area contributed by atoms with Gasteiger partial charge in [0.15, 0.2) is 0 Å². The molecule has 0 saturated carbocycles. The van der Waals surface area contributed by atoms with E-state index in [0.29, 0.717) is 12.0 Å². The van der Waals surface area contributed by atoms with Crippen molar-refractivity contribution in [3.63, 3.8) is 0 Å².